The second-order valence-electron chi connectivity index (χ2n) is 4.98. The summed E-state index contributed by atoms with van der Waals surface area (Å²) in [5.74, 6) is 0.696. The first-order valence-electron chi connectivity index (χ1n) is 6.21. The molecule has 0 aromatic heterocycles. The molecule has 0 radical (unpaired) electrons. The SMILES string of the molecule is Cc1c(O)c(C)c(Cl)c(C2CCCCC2)c1Cl. The number of benzene rings is 1. The third-order valence-corrected chi connectivity index (χ3v) is 4.83. The van der Waals surface area contributed by atoms with Gasteiger partial charge < -0.3 is 5.11 Å². The van der Waals surface area contributed by atoms with Gasteiger partial charge in [-0.05, 0) is 38.2 Å². The first-order valence-corrected chi connectivity index (χ1v) is 6.96. The molecule has 0 amide bonds. The summed E-state index contributed by atoms with van der Waals surface area (Å²) in [7, 11) is 0. The van der Waals surface area contributed by atoms with E-state index >= 15 is 0 Å². The van der Waals surface area contributed by atoms with Crippen LogP contribution in [0.4, 0.5) is 0 Å². The molecule has 17 heavy (non-hydrogen) atoms. The fraction of sp³-hybridized carbons (Fsp3) is 0.571. The summed E-state index contributed by atoms with van der Waals surface area (Å²) in [5, 5.41) is 11.2. The molecule has 2 rings (SSSR count). The molecule has 1 fully saturated rings. The van der Waals surface area contributed by atoms with Crippen LogP contribution in [-0.2, 0) is 0 Å². The van der Waals surface area contributed by atoms with Crippen LogP contribution in [0.15, 0.2) is 0 Å². The predicted molar refractivity (Wildman–Crippen MR) is 73.4 cm³/mol. The Morgan fingerprint density at radius 3 is 1.88 bits per heavy atom. The minimum absolute atomic E-state index is 0.236. The zero-order chi connectivity index (χ0) is 12.6. The predicted octanol–water partition coefficient (Wildman–Crippen LogP) is 5.36. The van der Waals surface area contributed by atoms with Crippen molar-refractivity contribution in [3.63, 3.8) is 0 Å². The third-order valence-electron chi connectivity index (χ3n) is 3.86. The lowest BCUT2D eigenvalue weighted by Gasteiger charge is -2.26. The normalized spacial score (nSPS) is 17.4. The fourth-order valence-corrected chi connectivity index (χ4v) is 3.46. The van der Waals surface area contributed by atoms with Gasteiger partial charge in [0.15, 0.2) is 0 Å². The van der Waals surface area contributed by atoms with Crippen LogP contribution in [0.3, 0.4) is 0 Å². The van der Waals surface area contributed by atoms with Crippen molar-refractivity contribution < 1.29 is 5.11 Å². The number of halogens is 2. The molecule has 0 atom stereocenters. The van der Waals surface area contributed by atoms with Gasteiger partial charge in [-0.15, -0.1) is 0 Å². The van der Waals surface area contributed by atoms with Crippen molar-refractivity contribution in [2.45, 2.75) is 51.9 Å². The number of phenolic OH excluding ortho intramolecular Hbond substituents is 1. The van der Waals surface area contributed by atoms with Crippen molar-refractivity contribution in [2.24, 2.45) is 0 Å². The highest BCUT2D eigenvalue weighted by molar-refractivity contribution is 6.37. The number of hydrogen-bond acceptors (Lipinski definition) is 1. The van der Waals surface area contributed by atoms with E-state index in [2.05, 4.69) is 0 Å². The van der Waals surface area contributed by atoms with Gasteiger partial charge in [-0.2, -0.15) is 0 Å². The van der Waals surface area contributed by atoms with Crippen LogP contribution < -0.4 is 0 Å². The Bertz CT molecular complexity index is 405. The Morgan fingerprint density at radius 1 is 0.941 bits per heavy atom. The van der Waals surface area contributed by atoms with E-state index in [1.807, 2.05) is 13.8 Å². The van der Waals surface area contributed by atoms with Crippen LogP contribution in [0.2, 0.25) is 10.0 Å². The average Bonchev–Trinajstić information content (AvgIpc) is 2.36. The highest BCUT2D eigenvalue weighted by Gasteiger charge is 2.25. The summed E-state index contributed by atoms with van der Waals surface area (Å²) >= 11 is 12.7. The van der Waals surface area contributed by atoms with Gasteiger partial charge in [0.1, 0.15) is 5.75 Å². The van der Waals surface area contributed by atoms with E-state index in [4.69, 9.17) is 23.2 Å². The third kappa shape index (κ3) is 2.28. The topological polar surface area (TPSA) is 20.2 Å². The molecular formula is C14H18Cl2O. The monoisotopic (exact) mass is 272 g/mol. The van der Waals surface area contributed by atoms with Gasteiger partial charge in [0.05, 0.1) is 10.0 Å². The van der Waals surface area contributed by atoms with Crippen molar-refractivity contribution in [3.8, 4) is 5.75 Å². The first-order chi connectivity index (χ1) is 8.04. The molecular weight excluding hydrogens is 255 g/mol. The minimum Gasteiger partial charge on any atom is -0.507 e. The number of aromatic hydroxyl groups is 1. The van der Waals surface area contributed by atoms with Gasteiger partial charge in [-0.25, -0.2) is 0 Å². The number of phenols is 1. The van der Waals surface area contributed by atoms with E-state index in [0.29, 0.717) is 16.0 Å². The number of rotatable bonds is 1. The molecule has 1 N–H and O–H groups in total. The van der Waals surface area contributed by atoms with Crippen molar-refractivity contribution in [1.29, 1.82) is 0 Å². The van der Waals surface area contributed by atoms with Crippen LogP contribution in [0, 0.1) is 13.8 Å². The van der Waals surface area contributed by atoms with Crippen molar-refractivity contribution in [2.75, 3.05) is 0 Å². The van der Waals surface area contributed by atoms with Crippen LogP contribution >= 0.6 is 23.2 Å². The largest absolute Gasteiger partial charge is 0.507 e. The van der Waals surface area contributed by atoms with Gasteiger partial charge >= 0.3 is 0 Å². The van der Waals surface area contributed by atoms with E-state index in [-0.39, 0.29) is 5.75 Å². The summed E-state index contributed by atoms with van der Waals surface area (Å²) in [6, 6.07) is 0. The van der Waals surface area contributed by atoms with Gasteiger partial charge in [-0.3, -0.25) is 0 Å². The lowest BCUT2D eigenvalue weighted by molar-refractivity contribution is 0.440. The molecule has 3 heteroatoms. The molecule has 0 aliphatic heterocycles. The van der Waals surface area contributed by atoms with Crippen molar-refractivity contribution in [3.05, 3.63) is 26.7 Å². The van der Waals surface area contributed by atoms with Crippen molar-refractivity contribution in [1.82, 2.24) is 0 Å². The Kier molecular flexibility index (Phi) is 3.89. The molecule has 0 unspecified atom stereocenters. The quantitative estimate of drug-likeness (QED) is 0.729. The summed E-state index contributed by atoms with van der Waals surface area (Å²) in [4.78, 5) is 0. The van der Waals surface area contributed by atoms with Crippen LogP contribution in [-0.4, -0.2) is 5.11 Å². The Morgan fingerprint density at radius 2 is 1.41 bits per heavy atom. The van der Waals surface area contributed by atoms with Crippen LogP contribution in [0.25, 0.3) is 0 Å². The number of hydrogen-bond donors (Lipinski definition) is 1. The molecule has 0 bridgehead atoms. The molecule has 1 aromatic rings. The van der Waals surface area contributed by atoms with Crippen molar-refractivity contribution >= 4 is 23.2 Å². The highest BCUT2D eigenvalue weighted by atomic mass is 35.5. The van der Waals surface area contributed by atoms with Gasteiger partial charge in [0.25, 0.3) is 0 Å². The van der Waals surface area contributed by atoms with E-state index < -0.39 is 0 Å². The van der Waals surface area contributed by atoms with Crippen LogP contribution in [0.5, 0.6) is 5.75 Å². The summed E-state index contributed by atoms with van der Waals surface area (Å²) in [6.07, 6.45) is 6.11. The Hall–Kier alpha value is -0.400. The molecule has 1 nitrogen and oxygen atoms in total. The minimum atomic E-state index is 0.236. The van der Waals surface area contributed by atoms with Gasteiger partial charge in [0.2, 0.25) is 0 Å². The van der Waals surface area contributed by atoms with E-state index in [1.165, 1.54) is 19.3 Å². The zero-order valence-electron chi connectivity index (χ0n) is 10.3. The molecule has 1 aliphatic rings. The standard InChI is InChI=1S/C14H18Cl2O/c1-8-12(15)11(10-6-4-3-5-7-10)13(16)9(2)14(8)17/h10,17H,3-7H2,1-2H3. The molecule has 1 aromatic carbocycles. The van der Waals surface area contributed by atoms with E-state index in [9.17, 15) is 5.11 Å². The lowest BCUT2D eigenvalue weighted by Crippen LogP contribution is -2.07. The summed E-state index contributed by atoms with van der Waals surface area (Å²) in [5.41, 5.74) is 2.57. The first kappa shape index (κ1) is 13.0. The van der Waals surface area contributed by atoms with Crippen LogP contribution in [0.1, 0.15) is 54.7 Å². The highest BCUT2D eigenvalue weighted by Crippen LogP contribution is 2.45. The molecule has 0 spiro atoms. The maximum Gasteiger partial charge on any atom is 0.124 e. The molecule has 94 valence electrons. The second-order valence-corrected chi connectivity index (χ2v) is 5.73. The van der Waals surface area contributed by atoms with E-state index in [1.54, 1.807) is 0 Å². The Labute approximate surface area is 113 Å². The molecule has 1 saturated carbocycles. The summed E-state index contributed by atoms with van der Waals surface area (Å²) < 4.78 is 0. The van der Waals surface area contributed by atoms with Gasteiger partial charge in [0, 0.05) is 11.1 Å². The lowest BCUT2D eigenvalue weighted by atomic mass is 9.82. The Balaban J connectivity index is 2.52. The maximum atomic E-state index is 9.92. The molecule has 0 heterocycles. The second kappa shape index (κ2) is 5.07. The maximum absolute atomic E-state index is 9.92. The molecule has 1 aliphatic carbocycles. The van der Waals surface area contributed by atoms with E-state index in [0.717, 1.165) is 29.5 Å². The van der Waals surface area contributed by atoms with Gasteiger partial charge in [-0.1, -0.05) is 42.5 Å². The molecule has 0 saturated heterocycles. The average molecular weight is 273 g/mol. The fourth-order valence-electron chi connectivity index (χ4n) is 2.74. The summed E-state index contributed by atoms with van der Waals surface area (Å²) in [6.45, 7) is 3.71. The smallest absolute Gasteiger partial charge is 0.124 e. The zero-order valence-corrected chi connectivity index (χ0v) is 11.8.